The van der Waals surface area contributed by atoms with Gasteiger partial charge >= 0.3 is 5.97 Å². The number of rotatable bonds is 5. The van der Waals surface area contributed by atoms with Gasteiger partial charge in [0.25, 0.3) is 0 Å². The number of nitrogens with zero attached hydrogens (tertiary/aromatic N) is 1. The van der Waals surface area contributed by atoms with Gasteiger partial charge in [0.15, 0.2) is 5.11 Å². The van der Waals surface area contributed by atoms with Crippen molar-refractivity contribution in [3.63, 3.8) is 0 Å². The van der Waals surface area contributed by atoms with E-state index in [0.717, 1.165) is 10.0 Å². The van der Waals surface area contributed by atoms with Crippen molar-refractivity contribution in [1.29, 1.82) is 0 Å². The average molecular weight is 408 g/mol. The first-order chi connectivity index (χ1) is 11.5. The van der Waals surface area contributed by atoms with E-state index in [0.29, 0.717) is 11.4 Å². The fourth-order valence-electron chi connectivity index (χ4n) is 1.86. The van der Waals surface area contributed by atoms with Crippen LogP contribution in [-0.2, 0) is 0 Å². The van der Waals surface area contributed by atoms with Gasteiger partial charge in [-0.05, 0) is 48.6 Å². The Labute approximate surface area is 152 Å². The minimum absolute atomic E-state index is 0.171. The molecule has 3 N–H and O–H groups in total. The van der Waals surface area contributed by atoms with E-state index in [-0.39, 0.29) is 10.7 Å². The number of carboxylic acid groups (broad SMARTS) is 1. The normalized spacial score (nSPS) is 10.4. The Balaban J connectivity index is 1.99. The molecule has 0 bridgehead atoms. The standard InChI is InChI=1S/C16H14BrN3O3S/c1-23-14-6-5-12(17)7-11(14)9-18-20-16(24)19-13-4-2-3-10(8-13)15(21)22/h2-9H,1H3,(H,21,22)(H2,19,20,24). The number of methoxy groups -OCH3 is 1. The van der Waals surface area contributed by atoms with Crippen LogP contribution in [0.15, 0.2) is 52.0 Å². The number of thiocarbonyl (C=S) groups is 1. The summed E-state index contributed by atoms with van der Waals surface area (Å²) in [5.74, 6) is -0.325. The summed E-state index contributed by atoms with van der Waals surface area (Å²) < 4.78 is 6.14. The van der Waals surface area contributed by atoms with Crippen LogP contribution in [0, 0.1) is 0 Å². The summed E-state index contributed by atoms with van der Waals surface area (Å²) in [6.07, 6.45) is 1.57. The highest BCUT2D eigenvalue weighted by Crippen LogP contribution is 2.21. The van der Waals surface area contributed by atoms with Crippen LogP contribution in [0.25, 0.3) is 0 Å². The first kappa shape index (κ1) is 17.9. The Kier molecular flexibility index (Phi) is 6.28. The number of ether oxygens (including phenoxy) is 1. The molecule has 0 saturated carbocycles. The smallest absolute Gasteiger partial charge is 0.335 e. The Morgan fingerprint density at radius 3 is 2.83 bits per heavy atom. The summed E-state index contributed by atoms with van der Waals surface area (Å²) in [4.78, 5) is 10.9. The van der Waals surface area contributed by atoms with Gasteiger partial charge in [0.05, 0.1) is 18.9 Å². The van der Waals surface area contributed by atoms with Gasteiger partial charge in [-0.2, -0.15) is 5.10 Å². The topological polar surface area (TPSA) is 83.0 Å². The lowest BCUT2D eigenvalue weighted by Crippen LogP contribution is -2.24. The van der Waals surface area contributed by atoms with Crippen molar-refractivity contribution in [2.75, 3.05) is 12.4 Å². The molecular weight excluding hydrogens is 394 g/mol. The number of benzene rings is 2. The molecule has 0 spiro atoms. The van der Waals surface area contributed by atoms with Crippen LogP contribution >= 0.6 is 28.1 Å². The van der Waals surface area contributed by atoms with Gasteiger partial charge in [-0.15, -0.1) is 0 Å². The molecular formula is C16H14BrN3O3S. The summed E-state index contributed by atoms with van der Waals surface area (Å²) >= 11 is 8.51. The molecule has 0 amide bonds. The highest BCUT2D eigenvalue weighted by atomic mass is 79.9. The zero-order chi connectivity index (χ0) is 17.5. The van der Waals surface area contributed by atoms with E-state index in [4.69, 9.17) is 22.1 Å². The van der Waals surface area contributed by atoms with Crippen molar-refractivity contribution in [3.05, 3.63) is 58.1 Å². The van der Waals surface area contributed by atoms with E-state index in [1.165, 1.54) is 12.1 Å². The van der Waals surface area contributed by atoms with Gasteiger partial charge in [-0.1, -0.05) is 22.0 Å². The lowest BCUT2D eigenvalue weighted by atomic mass is 10.2. The summed E-state index contributed by atoms with van der Waals surface area (Å²) in [5, 5.41) is 16.1. The number of halogens is 1. The maximum Gasteiger partial charge on any atom is 0.335 e. The molecule has 0 atom stereocenters. The van der Waals surface area contributed by atoms with E-state index in [1.807, 2.05) is 18.2 Å². The van der Waals surface area contributed by atoms with Crippen molar-refractivity contribution >= 4 is 51.1 Å². The lowest BCUT2D eigenvalue weighted by Gasteiger charge is -2.08. The molecule has 0 aliphatic rings. The number of carboxylic acids is 1. The van der Waals surface area contributed by atoms with Crippen LogP contribution in [-0.4, -0.2) is 29.5 Å². The molecule has 8 heteroatoms. The molecule has 2 aromatic rings. The molecule has 0 unspecified atom stereocenters. The second-order valence-electron chi connectivity index (χ2n) is 4.60. The van der Waals surface area contributed by atoms with E-state index >= 15 is 0 Å². The maximum absolute atomic E-state index is 10.9. The zero-order valence-corrected chi connectivity index (χ0v) is 15.0. The van der Waals surface area contributed by atoms with E-state index in [2.05, 4.69) is 31.8 Å². The third-order valence-electron chi connectivity index (χ3n) is 2.93. The first-order valence-corrected chi connectivity index (χ1v) is 7.96. The Morgan fingerprint density at radius 1 is 1.33 bits per heavy atom. The average Bonchev–Trinajstić information content (AvgIpc) is 2.55. The number of carbonyl (C=O) groups is 1. The molecule has 0 fully saturated rings. The Bertz CT molecular complexity index is 796. The van der Waals surface area contributed by atoms with Crippen LogP contribution in [0.2, 0.25) is 0 Å². The van der Waals surface area contributed by atoms with E-state index in [1.54, 1.807) is 25.5 Å². The summed E-state index contributed by atoms with van der Waals surface area (Å²) in [7, 11) is 1.58. The SMILES string of the molecule is COc1ccc(Br)cc1C=NNC(=S)Nc1cccc(C(=O)O)c1. The van der Waals surface area contributed by atoms with Gasteiger partial charge in [0.1, 0.15) is 5.75 Å². The zero-order valence-electron chi connectivity index (χ0n) is 12.6. The minimum atomic E-state index is -1.00. The fraction of sp³-hybridized carbons (Fsp3) is 0.0625. The highest BCUT2D eigenvalue weighted by Gasteiger charge is 2.04. The van der Waals surface area contributed by atoms with Gasteiger partial charge < -0.3 is 15.2 Å². The highest BCUT2D eigenvalue weighted by molar-refractivity contribution is 9.10. The second kappa shape index (κ2) is 8.42. The number of anilines is 1. The monoisotopic (exact) mass is 407 g/mol. The number of nitrogens with one attached hydrogen (secondary N) is 2. The Hall–Kier alpha value is -2.45. The molecule has 2 aromatic carbocycles. The Morgan fingerprint density at radius 2 is 2.12 bits per heavy atom. The summed E-state index contributed by atoms with van der Waals surface area (Å²) in [6.45, 7) is 0. The molecule has 124 valence electrons. The number of hydrogen-bond acceptors (Lipinski definition) is 4. The number of aromatic carboxylic acids is 1. The predicted octanol–water partition coefficient (Wildman–Crippen LogP) is 3.48. The van der Waals surface area contributed by atoms with Crippen LogP contribution in [0.3, 0.4) is 0 Å². The van der Waals surface area contributed by atoms with E-state index < -0.39 is 5.97 Å². The van der Waals surface area contributed by atoms with Crippen molar-refractivity contribution in [2.45, 2.75) is 0 Å². The minimum Gasteiger partial charge on any atom is -0.496 e. The van der Waals surface area contributed by atoms with Gasteiger partial charge in [-0.3, -0.25) is 5.43 Å². The molecule has 0 aliphatic heterocycles. The van der Waals surface area contributed by atoms with Crippen LogP contribution in [0.5, 0.6) is 5.75 Å². The van der Waals surface area contributed by atoms with E-state index in [9.17, 15) is 4.79 Å². The summed E-state index contributed by atoms with van der Waals surface area (Å²) in [5.41, 5.74) is 4.17. The van der Waals surface area contributed by atoms with Gasteiger partial charge in [0, 0.05) is 15.7 Å². The number of hydrogen-bond donors (Lipinski definition) is 3. The molecule has 0 heterocycles. The molecule has 6 nitrogen and oxygen atoms in total. The molecule has 0 radical (unpaired) electrons. The van der Waals surface area contributed by atoms with Crippen LogP contribution < -0.4 is 15.5 Å². The molecule has 0 aliphatic carbocycles. The van der Waals surface area contributed by atoms with Crippen molar-refractivity contribution in [1.82, 2.24) is 5.43 Å². The molecule has 2 rings (SSSR count). The molecule has 0 aromatic heterocycles. The van der Waals surface area contributed by atoms with Crippen LogP contribution in [0.4, 0.5) is 5.69 Å². The van der Waals surface area contributed by atoms with Crippen molar-refractivity contribution in [2.24, 2.45) is 5.10 Å². The number of hydrazone groups is 1. The van der Waals surface area contributed by atoms with Gasteiger partial charge in [0.2, 0.25) is 0 Å². The predicted molar refractivity (Wildman–Crippen MR) is 101 cm³/mol. The molecule has 24 heavy (non-hydrogen) atoms. The lowest BCUT2D eigenvalue weighted by molar-refractivity contribution is 0.0697. The summed E-state index contributed by atoms with van der Waals surface area (Å²) in [6, 6.07) is 11.9. The largest absolute Gasteiger partial charge is 0.496 e. The van der Waals surface area contributed by atoms with Gasteiger partial charge in [-0.25, -0.2) is 4.79 Å². The maximum atomic E-state index is 10.9. The third-order valence-corrected chi connectivity index (χ3v) is 3.62. The van der Waals surface area contributed by atoms with Crippen LogP contribution in [0.1, 0.15) is 15.9 Å². The third kappa shape index (κ3) is 5.04. The fourth-order valence-corrected chi connectivity index (χ4v) is 2.40. The first-order valence-electron chi connectivity index (χ1n) is 6.76. The van der Waals surface area contributed by atoms with Crippen molar-refractivity contribution < 1.29 is 14.6 Å². The molecule has 0 saturated heterocycles. The second-order valence-corrected chi connectivity index (χ2v) is 5.92. The quantitative estimate of drug-likeness (QED) is 0.399. The van der Waals surface area contributed by atoms with Crippen molar-refractivity contribution in [3.8, 4) is 5.75 Å².